The van der Waals surface area contributed by atoms with Crippen molar-refractivity contribution >= 4 is 29.6 Å². The molecule has 6 saturated heterocycles. The number of hydrogen-bond acceptors (Lipinski definition) is 32. The van der Waals surface area contributed by atoms with Gasteiger partial charge in [-0.1, -0.05) is 0 Å². The molecule has 36 nitrogen and oxygen atoms in total. The van der Waals surface area contributed by atoms with Crippen LogP contribution in [0.25, 0.3) is 0 Å². The summed E-state index contributed by atoms with van der Waals surface area (Å²) < 4.78 is 64.5. The quantitative estimate of drug-likeness (QED) is 0.0272. The molecule has 0 aromatic heterocycles. The highest BCUT2D eigenvalue weighted by Gasteiger charge is 2.58. The Labute approximate surface area is 473 Å². The first-order valence-corrected chi connectivity index (χ1v) is 26.5. The predicted octanol–water partition coefficient (Wildman–Crippen LogP) is -11.8. The van der Waals surface area contributed by atoms with Gasteiger partial charge < -0.3 is 145 Å². The van der Waals surface area contributed by atoms with Gasteiger partial charge in [-0.2, -0.15) is 0 Å². The van der Waals surface area contributed by atoms with Crippen LogP contribution in [-0.2, 0) is 85.9 Å². The lowest BCUT2D eigenvalue weighted by atomic mass is 9.93. The lowest BCUT2D eigenvalue weighted by Gasteiger charge is -2.51. The van der Waals surface area contributed by atoms with Crippen LogP contribution in [0.5, 0.6) is 0 Å². The van der Waals surface area contributed by atoms with Crippen molar-refractivity contribution in [1.82, 2.24) is 26.6 Å². The molecule has 30 unspecified atom stereocenters. The van der Waals surface area contributed by atoms with Gasteiger partial charge in [0.2, 0.25) is 29.9 Å². The van der Waals surface area contributed by atoms with Crippen LogP contribution < -0.4 is 26.6 Å². The normalized spacial score (nSPS) is 44.9. The minimum Gasteiger partial charge on any atom is -0.463 e. The van der Waals surface area contributed by atoms with Gasteiger partial charge in [-0.25, -0.2) is 9.78 Å². The fraction of sp³-hybridized carbons (Fsp3) is 0.894. The molecule has 0 saturated carbocycles. The van der Waals surface area contributed by atoms with Gasteiger partial charge in [-0.05, 0) is 14.0 Å². The van der Waals surface area contributed by atoms with Crippen LogP contribution in [-0.4, -0.2) is 320 Å². The summed E-state index contributed by atoms with van der Waals surface area (Å²) in [6.45, 7) is 2.31. The molecule has 30 atom stereocenters. The van der Waals surface area contributed by atoms with Crippen molar-refractivity contribution in [1.29, 1.82) is 0 Å². The number of likely N-dealkylation sites (N-methyl/N-ethyl adjacent to an activating group) is 1. The number of hydrogen-bond donors (Lipinski definition) is 18. The van der Waals surface area contributed by atoms with E-state index in [0.29, 0.717) is 0 Å². The highest BCUT2D eigenvalue weighted by atomic mass is 17.2. The lowest BCUT2D eigenvalue weighted by Crippen LogP contribution is -2.72. The van der Waals surface area contributed by atoms with Crippen LogP contribution in [0.15, 0.2) is 0 Å². The van der Waals surface area contributed by atoms with E-state index in [4.69, 9.17) is 61.9 Å². The summed E-state index contributed by atoms with van der Waals surface area (Å²) in [7, 11) is 1.39. The van der Waals surface area contributed by atoms with Gasteiger partial charge in [0.1, 0.15) is 147 Å². The minimum absolute atomic E-state index is 0.531. The average molecular weight is 1210 g/mol. The molecule has 6 fully saturated rings. The molecule has 0 spiro atoms. The van der Waals surface area contributed by atoms with Gasteiger partial charge in [0.05, 0.1) is 32.0 Å². The zero-order chi connectivity index (χ0) is 61.5. The molecule has 6 rings (SSSR count). The molecule has 83 heavy (non-hydrogen) atoms. The smallest absolute Gasteiger partial charge is 0.302 e. The Morgan fingerprint density at radius 2 is 0.771 bits per heavy atom. The second-order valence-electron chi connectivity index (χ2n) is 20.7. The van der Waals surface area contributed by atoms with E-state index in [2.05, 4.69) is 26.6 Å². The molecule has 18 N–H and O–H groups in total. The number of nitrogens with one attached hydrogen (secondary N) is 5. The summed E-state index contributed by atoms with van der Waals surface area (Å²) in [5.74, 6) is -3.93. The molecule has 6 aliphatic rings. The SMILES string of the molecule is CNC1C(OC2C(CO)OC(OC3C(CO)OC(OC4C(CO)OC(OC5C(COOC6OC(C)C(O)C(O)C6O)OC(O)C(NC(C)=O)C5O)C(NC(C)=O)C4O)C(NC(C)=O)C3O)C(NC(C)=O)C2O)OC(COC(C)=O)C(O)C1O. The Bertz CT molecular complexity index is 2130. The molecule has 478 valence electrons. The first kappa shape index (κ1) is 68.4. The van der Waals surface area contributed by atoms with Gasteiger partial charge in [-0.3, -0.25) is 24.0 Å². The molecule has 0 aliphatic carbocycles. The largest absolute Gasteiger partial charge is 0.463 e. The number of aliphatic hydroxyl groups excluding tert-OH is 13. The van der Waals surface area contributed by atoms with E-state index in [0.717, 1.165) is 34.6 Å². The minimum atomic E-state index is -2.04. The number of rotatable bonds is 22. The highest BCUT2D eigenvalue weighted by molar-refractivity contribution is 5.74. The van der Waals surface area contributed by atoms with Crippen molar-refractivity contribution in [3.63, 3.8) is 0 Å². The first-order valence-electron chi connectivity index (χ1n) is 26.5. The third-order valence-corrected chi connectivity index (χ3v) is 14.6. The summed E-state index contributed by atoms with van der Waals surface area (Å²) in [5.41, 5.74) is 0. The Morgan fingerprint density at radius 3 is 1.16 bits per heavy atom. The van der Waals surface area contributed by atoms with Crippen molar-refractivity contribution in [3.8, 4) is 0 Å². The summed E-state index contributed by atoms with van der Waals surface area (Å²) in [6, 6.07) is -8.01. The standard InChI is InChI=1S/C47H79N5O31/c1-13-29(61)36(68)37(69)47(73-13)83-72-12-23-41(32(64)24(42(70)74-23)49-14(2)56)82-46-28(52-17(5)59)35(67)40(21(10-55)77-46)81-45-27(51-16(4)58)34(66)39(20(9-54)76-45)80-44-26(50-15(3)57)33(65)38(19(8-53)75-44)79-43-25(48-7)31(63)30(62)22(78-43)11-71-18(6)60/h13,19-48,53-55,61-70H,8-12H2,1-7H3,(H,49,56)(H,50,57)(H,51,58)(H,52,59). The number of esters is 1. The van der Waals surface area contributed by atoms with Crippen molar-refractivity contribution in [2.75, 3.05) is 40.1 Å². The molecule has 6 aliphatic heterocycles. The maximum absolute atomic E-state index is 12.8. The van der Waals surface area contributed by atoms with Crippen LogP contribution in [0, 0.1) is 0 Å². The van der Waals surface area contributed by atoms with Gasteiger partial charge >= 0.3 is 5.97 Å². The predicted molar refractivity (Wildman–Crippen MR) is 262 cm³/mol. The molecule has 6 heterocycles. The Balaban J connectivity index is 1.22. The third-order valence-electron chi connectivity index (χ3n) is 14.6. The fourth-order valence-corrected chi connectivity index (χ4v) is 10.4. The van der Waals surface area contributed by atoms with Gasteiger partial charge in [0.25, 0.3) is 0 Å². The van der Waals surface area contributed by atoms with Crippen molar-refractivity contribution in [2.45, 2.75) is 225 Å². The molecular formula is C47H79N5O31. The monoisotopic (exact) mass is 1210 g/mol. The van der Waals surface area contributed by atoms with Crippen molar-refractivity contribution < 1.29 is 152 Å². The summed E-state index contributed by atoms with van der Waals surface area (Å²) in [6.07, 6.45) is -43.3. The maximum Gasteiger partial charge on any atom is 0.302 e. The second-order valence-corrected chi connectivity index (χ2v) is 20.7. The number of amides is 4. The zero-order valence-electron chi connectivity index (χ0n) is 46.0. The summed E-state index contributed by atoms with van der Waals surface area (Å²) >= 11 is 0. The molecular weight excluding hydrogens is 1130 g/mol. The topological polar surface area (TPSA) is 528 Å². The summed E-state index contributed by atoms with van der Waals surface area (Å²) in [4.78, 5) is 72.4. The van der Waals surface area contributed by atoms with Crippen molar-refractivity contribution in [3.05, 3.63) is 0 Å². The number of ether oxygens (including phenoxy) is 11. The van der Waals surface area contributed by atoms with Crippen molar-refractivity contribution in [2.24, 2.45) is 0 Å². The Morgan fingerprint density at radius 1 is 0.398 bits per heavy atom. The van der Waals surface area contributed by atoms with Crippen LogP contribution >= 0.6 is 0 Å². The van der Waals surface area contributed by atoms with Gasteiger partial charge in [-0.15, -0.1) is 0 Å². The van der Waals surface area contributed by atoms with E-state index < -0.39 is 247 Å². The maximum atomic E-state index is 12.8. The molecule has 0 bridgehead atoms. The van der Waals surface area contributed by atoms with Crippen LogP contribution in [0.4, 0.5) is 0 Å². The lowest BCUT2D eigenvalue weighted by molar-refractivity contribution is -0.434. The Kier molecular flexibility index (Phi) is 25.0. The molecule has 0 aromatic rings. The average Bonchev–Trinajstić information content (AvgIpc) is 3.08. The Hall–Kier alpha value is -3.69. The van der Waals surface area contributed by atoms with E-state index in [1.807, 2.05) is 0 Å². The number of aliphatic hydroxyl groups is 13. The van der Waals surface area contributed by atoms with E-state index in [-0.39, 0.29) is 0 Å². The highest BCUT2D eigenvalue weighted by Crippen LogP contribution is 2.36. The van der Waals surface area contributed by atoms with Crippen LogP contribution in [0.2, 0.25) is 0 Å². The second kappa shape index (κ2) is 30.3. The molecule has 0 radical (unpaired) electrons. The van der Waals surface area contributed by atoms with E-state index >= 15 is 0 Å². The third kappa shape index (κ3) is 16.3. The van der Waals surface area contributed by atoms with E-state index in [9.17, 15) is 90.4 Å². The van der Waals surface area contributed by atoms with Gasteiger partial charge in [0.15, 0.2) is 31.5 Å². The first-order chi connectivity index (χ1) is 39.1. The molecule has 0 aromatic carbocycles. The summed E-state index contributed by atoms with van der Waals surface area (Å²) in [5, 5.41) is 155. The van der Waals surface area contributed by atoms with Crippen LogP contribution in [0.1, 0.15) is 41.5 Å². The van der Waals surface area contributed by atoms with E-state index in [1.54, 1.807) is 0 Å². The van der Waals surface area contributed by atoms with Gasteiger partial charge in [0, 0.05) is 34.6 Å². The molecule has 4 amide bonds. The molecule has 36 heteroatoms. The zero-order valence-corrected chi connectivity index (χ0v) is 46.0. The fourth-order valence-electron chi connectivity index (χ4n) is 10.4. The van der Waals surface area contributed by atoms with Crippen LogP contribution in [0.3, 0.4) is 0 Å². The number of carbonyl (C=O) groups is 5. The van der Waals surface area contributed by atoms with E-state index in [1.165, 1.54) is 14.0 Å². The number of carbonyl (C=O) groups excluding carboxylic acids is 5.